The predicted molar refractivity (Wildman–Crippen MR) is 106 cm³/mol. The first-order valence-corrected chi connectivity index (χ1v) is 10.2. The average molecular weight is 450 g/mol. The van der Waals surface area contributed by atoms with Crippen molar-refractivity contribution < 1.29 is 13.9 Å². The highest BCUT2D eigenvalue weighted by Gasteiger charge is 2.25. The monoisotopic (exact) mass is 448 g/mol. The molecular formula is C17H22BrClN2O3S. The summed E-state index contributed by atoms with van der Waals surface area (Å²) >= 11 is 11.2. The normalized spacial score (nSPS) is 13.1. The summed E-state index contributed by atoms with van der Waals surface area (Å²) < 4.78 is 12.2. The van der Waals surface area contributed by atoms with Crippen LogP contribution < -0.4 is 0 Å². The molecule has 25 heavy (non-hydrogen) atoms. The van der Waals surface area contributed by atoms with E-state index >= 15 is 0 Å². The van der Waals surface area contributed by atoms with Crippen molar-refractivity contribution in [1.82, 2.24) is 9.88 Å². The molecule has 0 radical (unpaired) electrons. The third kappa shape index (κ3) is 4.83. The zero-order chi connectivity index (χ0) is 18.9. The van der Waals surface area contributed by atoms with Gasteiger partial charge in [-0.15, -0.1) is 11.8 Å². The Morgan fingerprint density at radius 2 is 2.16 bits per heavy atom. The number of likely N-dealkylation sites (N-methyl/N-ethyl adjacent to an activating group) is 1. The molecule has 2 aromatic heterocycles. The van der Waals surface area contributed by atoms with Crippen molar-refractivity contribution in [3.8, 4) is 0 Å². The Kier molecular flexibility index (Phi) is 6.33. The highest BCUT2D eigenvalue weighted by Crippen LogP contribution is 2.37. The number of nitrogens with zero attached hydrogens (tertiary/aromatic N) is 2. The van der Waals surface area contributed by atoms with Gasteiger partial charge in [-0.25, -0.2) is 9.78 Å². The fourth-order valence-corrected chi connectivity index (χ4v) is 3.55. The van der Waals surface area contributed by atoms with Crippen LogP contribution in [0.1, 0.15) is 33.5 Å². The Morgan fingerprint density at radius 1 is 1.52 bits per heavy atom. The Balaban J connectivity index is 2.25. The Morgan fingerprint density at radius 3 is 2.72 bits per heavy atom. The molecule has 0 aromatic carbocycles. The number of fused-ring (bicyclic) bond motifs is 1. The number of carbonyl (C=O) groups excluding carboxylic acids is 1. The van der Waals surface area contributed by atoms with Crippen molar-refractivity contribution in [3.63, 3.8) is 0 Å². The molecule has 0 saturated carbocycles. The third-order valence-corrected chi connectivity index (χ3v) is 5.38. The second kappa shape index (κ2) is 7.76. The van der Waals surface area contributed by atoms with Crippen molar-refractivity contribution >= 4 is 56.5 Å². The smallest absolute Gasteiger partial charge is 0.410 e. The maximum Gasteiger partial charge on any atom is 0.410 e. The van der Waals surface area contributed by atoms with Gasteiger partial charge in [0.05, 0.1) is 9.37 Å². The first-order chi connectivity index (χ1) is 11.5. The number of aromatic nitrogens is 1. The molecule has 1 amide bonds. The molecule has 0 aliphatic carbocycles. The van der Waals surface area contributed by atoms with Gasteiger partial charge in [-0.3, -0.25) is 0 Å². The van der Waals surface area contributed by atoms with Crippen LogP contribution in [0.3, 0.4) is 0 Å². The topological polar surface area (TPSA) is 55.6 Å². The molecule has 0 unspecified atom stereocenters. The molecule has 2 heterocycles. The lowest BCUT2D eigenvalue weighted by Crippen LogP contribution is -2.40. The number of furan rings is 1. The first-order valence-electron chi connectivity index (χ1n) is 7.80. The molecule has 5 nitrogen and oxygen atoms in total. The standard InChI is InChI=1S/C17H22BrClN2O3S/c1-9(21(5)16(22)24-17(2,3)4)7-10-13(18)14-15(23-10)11(25-6)8-12(19)20-14/h8-9H,7H2,1-6H3/t9-/m0/s1. The molecule has 2 rings (SSSR count). The van der Waals surface area contributed by atoms with E-state index in [9.17, 15) is 4.79 Å². The molecule has 0 aliphatic heterocycles. The number of carbonyl (C=O) groups is 1. The Bertz CT molecular complexity index is 788. The summed E-state index contributed by atoms with van der Waals surface area (Å²) in [7, 11) is 1.72. The van der Waals surface area contributed by atoms with E-state index in [0.717, 1.165) is 15.1 Å². The van der Waals surface area contributed by atoms with E-state index in [-0.39, 0.29) is 12.1 Å². The number of hydrogen-bond acceptors (Lipinski definition) is 5. The van der Waals surface area contributed by atoms with Crippen molar-refractivity contribution in [2.45, 2.75) is 50.7 Å². The second-order valence-electron chi connectivity index (χ2n) is 6.81. The van der Waals surface area contributed by atoms with Crippen LogP contribution >= 0.6 is 39.3 Å². The Hall–Kier alpha value is -0.920. The summed E-state index contributed by atoms with van der Waals surface area (Å²) in [5.41, 5.74) is 0.865. The summed E-state index contributed by atoms with van der Waals surface area (Å²) in [6.45, 7) is 7.48. The van der Waals surface area contributed by atoms with Gasteiger partial charge in [-0.1, -0.05) is 11.6 Å². The third-order valence-electron chi connectivity index (χ3n) is 3.63. The van der Waals surface area contributed by atoms with Crippen LogP contribution in [0.5, 0.6) is 0 Å². The molecule has 138 valence electrons. The van der Waals surface area contributed by atoms with Crippen LogP contribution in [0.25, 0.3) is 11.1 Å². The van der Waals surface area contributed by atoms with E-state index in [1.165, 1.54) is 0 Å². The van der Waals surface area contributed by atoms with Gasteiger partial charge < -0.3 is 14.1 Å². The summed E-state index contributed by atoms with van der Waals surface area (Å²) in [6.07, 6.45) is 2.12. The summed E-state index contributed by atoms with van der Waals surface area (Å²) in [4.78, 5) is 19.1. The van der Waals surface area contributed by atoms with Crippen molar-refractivity contribution in [2.75, 3.05) is 13.3 Å². The SMILES string of the molecule is CSc1cc(Cl)nc2c(Br)c(C[C@H](C)N(C)C(=O)OC(C)(C)C)oc12. The molecule has 1 atom stereocenters. The number of thioether (sulfide) groups is 1. The van der Waals surface area contributed by atoms with Gasteiger partial charge in [0.1, 0.15) is 22.0 Å². The lowest BCUT2D eigenvalue weighted by molar-refractivity contribution is 0.0233. The van der Waals surface area contributed by atoms with E-state index in [0.29, 0.717) is 22.7 Å². The zero-order valence-electron chi connectivity index (χ0n) is 15.1. The molecule has 0 aliphatic rings. The van der Waals surface area contributed by atoms with Crippen LogP contribution in [0.15, 0.2) is 19.9 Å². The van der Waals surface area contributed by atoms with Crippen LogP contribution in [0.2, 0.25) is 5.15 Å². The number of ether oxygens (including phenoxy) is 1. The van der Waals surface area contributed by atoms with Gasteiger partial charge in [0, 0.05) is 19.5 Å². The van der Waals surface area contributed by atoms with E-state index < -0.39 is 5.60 Å². The van der Waals surface area contributed by atoms with E-state index in [1.807, 2.05) is 34.0 Å². The molecule has 0 N–H and O–H groups in total. The molecule has 2 aromatic rings. The number of halogens is 2. The minimum Gasteiger partial charge on any atom is -0.457 e. The first kappa shape index (κ1) is 20.4. The molecular weight excluding hydrogens is 428 g/mol. The fourth-order valence-electron chi connectivity index (χ4n) is 2.23. The van der Waals surface area contributed by atoms with Gasteiger partial charge in [-0.05, 0) is 55.9 Å². The largest absolute Gasteiger partial charge is 0.457 e. The van der Waals surface area contributed by atoms with Gasteiger partial charge in [-0.2, -0.15) is 0 Å². The minimum absolute atomic E-state index is 0.111. The molecule has 0 spiro atoms. The number of amides is 1. The lowest BCUT2D eigenvalue weighted by Gasteiger charge is -2.28. The number of hydrogen-bond donors (Lipinski definition) is 0. The van der Waals surface area contributed by atoms with Crippen molar-refractivity contribution in [3.05, 3.63) is 21.5 Å². The van der Waals surface area contributed by atoms with E-state index in [1.54, 1.807) is 29.8 Å². The van der Waals surface area contributed by atoms with Gasteiger partial charge in [0.25, 0.3) is 0 Å². The second-order valence-corrected chi connectivity index (χ2v) is 8.84. The summed E-state index contributed by atoms with van der Waals surface area (Å²) in [6, 6.07) is 1.67. The highest BCUT2D eigenvalue weighted by molar-refractivity contribution is 9.10. The van der Waals surface area contributed by atoms with E-state index in [4.69, 9.17) is 20.8 Å². The lowest BCUT2D eigenvalue weighted by atomic mass is 10.1. The van der Waals surface area contributed by atoms with Gasteiger partial charge in [0.15, 0.2) is 5.58 Å². The van der Waals surface area contributed by atoms with E-state index in [2.05, 4.69) is 20.9 Å². The number of pyridine rings is 1. The summed E-state index contributed by atoms with van der Waals surface area (Å²) in [5, 5.41) is 0.420. The fraction of sp³-hybridized carbons (Fsp3) is 0.529. The molecule has 0 saturated heterocycles. The highest BCUT2D eigenvalue weighted by atomic mass is 79.9. The maximum atomic E-state index is 12.2. The minimum atomic E-state index is -0.529. The quantitative estimate of drug-likeness (QED) is 0.438. The number of rotatable bonds is 4. The summed E-state index contributed by atoms with van der Waals surface area (Å²) in [5.74, 6) is 0.725. The van der Waals surface area contributed by atoms with Crippen LogP contribution in [0.4, 0.5) is 4.79 Å². The van der Waals surface area contributed by atoms with Gasteiger partial charge >= 0.3 is 6.09 Å². The molecule has 0 fully saturated rings. The van der Waals surface area contributed by atoms with Crippen LogP contribution in [-0.4, -0.2) is 40.9 Å². The predicted octanol–water partition coefficient (Wildman–Crippen LogP) is 5.76. The maximum absolute atomic E-state index is 12.2. The van der Waals surface area contributed by atoms with Crippen LogP contribution in [-0.2, 0) is 11.2 Å². The Labute approximate surface area is 165 Å². The average Bonchev–Trinajstić information content (AvgIpc) is 2.80. The molecule has 8 heteroatoms. The molecule has 0 bridgehead atoms. The van der Waals surface area contributed by atoms with Gasteiger partial charge in [0.2, 0.25) is 0 Å². The van der Waals surface area contributed by atoms with Crippen molar-refractivity contribution in [2.24, 2.45) is 0 Å². The zero-order valence-corrected chi connectivity index (χ0v) is 18.3. The van der Waals surface area contributed by atoms with Crippen LogP contribution in [0, 0.1) is 0 Å². The van der Waals surface area contributed by atoms with Crippen molar-refractivity contribution in [1.29, 1.82) is 0 Å².